The SMILES string of the molecule is CC[C@H]1CCN(C(=O)c2cn(CCc3ccccc3)cc(C(=O)O)c2=O)C1. The molecule has 1 aromatic carbocycles. The lowest BCUT2D eigenvalue weighted by Gasteiger charge is -2.17. The van der Waals surface area contributed by atoms with Crippen LogP contribution in [0.15, 0.2) is 47.5 Å². The Labute approximate surface area is 158 Å². The second kappa shape index (κ2) is 8.20. The third-order valence-corrected chi connectivity index (χ3v) is 5.19. The average Bonchev–Trinajstić information content (AvgIpc) is 3.16. The molecule has 1 saturated heterocycles. The van der Waals surface area contributed by atoms with E-state index in [0.29, 0.717) is 32.0 Å². The predicted molar refractivity (Wildman–Crippen MR) is 102 cm³/mol. The summed E-state index contributed by atoms with van der Waals surface area (Å²) in [6.07, 6.45) is 5.41. The highest BCUT2D eigenvalue weighted by molar-refractivity contribution is 5.97. The summed E-state index contributed by atoms with van der Waals surface area (Å²) >= 11 is 0. The number of aromatic carboxylic acids is 1. The molecule has 0 saturated carbocycles. The van der Waals surface area contributed by atoms with E-state index in [9.17, 15) is 19.5 Å². The Morgan fingerprint density at radius 3 is 2.48 bits per heavy atom. The summed E-state index contributed by atoms with van der Waals surface area (Å²) in [7, 11) is 0. The van der Waals surface area contributed by atoms with Crippen LogP contribution in [0.4, 0.5) is 0 Å². The molecule has 2 aromatic rings. The zero-order chi connectivity index (χ0) is 19.4. The topological polar surface area (TPSA) is 79.6 Å². The first kappa shape index (κ1) is 18.9. The molecule has 0 spiro atoms. The molecule has 1 atom stereocenters. The predicted octanol–water partition coefficient (Wildman–Crippen LogP) is 2.66. The number of carbonyl (C=O) groups is 2. The summed E-state index contributed by atoms with van der Waals surface area (Å²) in [6.45, 7) is 3.80. The second-order valence-electron chi connectivity index (χ2n) is 7.01. The van der Waals surface area contributed by atoms with Gasteiger partial charge in [-0.25, -0.2) is 4.79 Å². The van der Waals surface area contributed by atoms with Gasteiger partial charge in [0.25, 0.3) is 5.91 Å². The fourth-order valence-electron chi connectivity index (χ4n) is 3.49. The molecule has 1 aliphatic heterocycles. The number of pyridine rings is 1. The van der Waals surface area contributed by atoms with Gasteiger partial charge in [-0.2, -0.15) is 0 Å². The van der Waals surface area contributed by atoms with Gasteiger partial charge >= 0.3 is 5.97 Å². The van der Waals surface area contributed by atoms with Crippen LogP contribution in [0.25, 0.3) is 0 Å². The Morgan fingerprint density at radius 1 is 1.15 bits per heavy atom. The maximum absolute atomic E-state index is 12.9. The van der Waals surface area contributed by atoms with Crippen LogP contribution < -0.4 is 5.43 Å². The van der Waals surface area contributed by atoms with Crippen LogP contribution in [0.2, 0.25) is 0 Å². The fourth-order valence-corrected chi connectivity index (χ4v) is 3.49. The van der Waals surface area contributed by atoms with Crippen molar-refractivity contribution in [1.29, 1.82) is 0 Å². The maximum atomic E-state index is 12.9. The van der Waals surface area contributed by atoms with Gasteiger partial charge in [-0.15, -0.1) is 0 Å². The molecular weight excluding hydrogens is 344 g/mol. The molecule has 0 bridgehead atoms. The summed E-state index contributed by atoms with van der Waals surface area (Å²) in [4.78, 5) is 38.6. The number of hydrogen-bond acceptors (Lipinski definition) is 3. The molecule has 3 rings (SSSR count). The minimum absolute atomic E-state index is 0.0558. The van der Waals surface area contributed by atoms with Crippen molar-refractivity contribution >= 4 is 11.9 Å². The molecular formula is C21H24N2O4. The van der Waals surface area contributed by atoms with Crippen LogP contribution in [-0.2, 0) is 13.0 Å². The average molecular weight is 368 g/mol. The number of rotatable bonds is 6. The van der Waals surface area contributed by atoms with Crippen molar-refractivity contribution in [3.63, 3.8) is 0 Å². The number of carbonyl (C=O) groups excluding carboxylic acids is 1. The van der Waals surface area contributed by atoms with E-state index in [1.165, 1.54) is 12.4 Å². The lowest BCUT2D eigenvalue weighted by molar-refractivity contribution is 0.0694. The van der Waals surface area contributed by atoms with Gasteiger partial charge in [0.2, 0.25) is 5.43 Å². The Bertz CT molecular complexity index is 889. The van der Waals surface area contributed by atoms with Crippen molar-refractivity contribution in [1.82, 2.24) is 9.47 Å². The third-order valence-electron chi connectivity index (χ3n) is 5.19. The monoisotopic (exact) mass is 368 g/mol. The molecule has 1 amide bonds. The molecule has 0 radical (unpaired) electrons. The Balaban J connectivity index is 1.88. The number of hydrogen-bond donors (Lipinski definition) is 1. The van der Waals surface area contributed by atoms with Crippen LogP contribution in [0.3, 0.4) is 0 Å². The summed E-state index contributed by atoms with van der Waals surface area (Å²) in [5.74, 6) is -1.24. The summed E-state index contributed by atoms with van der Waals surface area (Å²) in [6, 6.07) is 9.79. The van der Waals surface area contributed by atoms with Crippen LogP contribution in [0.1, 0.15) is 46.0 Å². The highest BCUT2D eigenvalue weighted by Gasteiger charge is 2.28. The van der Waals surface area contributed by atoms with Crippen molar-refractivity contribution in [2.75, 3.05) is 13.1 Å². The van der Waals surface area contributed by atoms with Gasteiger partial charge < -0.3 is 14.6 Å². The number of carboxylic acids is 1. The minimum Gasteiger partial charge on any atom is -0.477 e. The van der Waals surface area contributed by atoms with Crippen molar-refractivity contribution in [2.45, 2.75) is 32.7 Å². The number of benzene rings is 1. The van der Waals surface area contributed by atoms with Crippen LogP contribution in [0, 0.1) is 5.92 Å². The summed E-state index contributed by atoms with van der Waals surface area (Å²) in [5.41, 5.74) is -0.0189. The molecule has 1 aliphatic rings. The first-order valence-electron chi connectivity index (χ1n) is 9.30. The van der Waals surface area contributed by atoms with E-state index in [0.717, 1.165) is 18.4 Å². The normalized spacial score (nSPS) is 16.5. The second-order valence-corrected chi connectivity index (χ2v) is 7.01. The molecule has 0 aliphatic carbocycles. The molecule has 2 heterocycles. The van der Waals surface area contributed by atoms with Gasteiger partial charge in [-0.05, 0) is 24.3 Å². The van der Waals surface area contributed by atoms with E-state index in [1.807, 2.05) is 30.3 Å². The number of amides is 1. The van der Waals surface area contributed by atoms with Crippen molar-refractivity contribution < 1.29 is 14.7 Å². The van der Waals surface area contributed by atoms with Crippen molar-refractivity contribution in [3.8, 4) is 0 Å². The molecule has 142 valence electrons. The van der Waals surface area contributed by atoms with E-state index in [-0.39, 0.29) is 17.0 Å². The van der Waals surface area contributed by atoms with Gasteiger partial charge in [-0.3, -0.25) is 9.59 Å². The maximum Gasteiger partial charge on any atom is 0.341 e. The zero-order valence-electron chi connectivity index (χ0n) is 15.4. The van der Waals surface area contributed by atoms with Crippen LogP contribution >= 0.6 is 0 Å². The van der Waals surface area contributed by atoms with Crippen molar-refractivity contribution in [2.24, 2.45) is 5.92 Å². The molecule has 6 nitrogen and oxygen atoms in total. The lowest BCUT2D eigenvalue weighted by Crippen LogP contribution is -2.35. The van der Waals surface area contributed by atoms with E-state index >= 15 is 0 Å². The number of aryl methyl sites for hydroxylation is 2. The molecule has 27 heavy (non-hydrogen) atoms. The van der Waals surface area contributed by atoms with Gasteiger partial charge in [0.15, 0.2) is 0 Å². The third kappa shape index (κ3) is 4.27. The van der Waals surface area contributed by atoms with E-state index in [4.69, 9.17) is 0 Å². The van der Waals surface area contributed by atoms with Gasteiger partial charge in [-0.1, -0.05) is 43.7 Å². The quantitative estimate of drug-likeness (QED) is 0.850. The van der Waals surface area contributed by atoms with Gasteiger partial charge in [0.1, 0.15) is 11.1 Å². The first-order chi connectivity index (χ1) is 13.0. The smallest absolute Gasteiger partial charge is 0.341 e. The standard InChI is InChI=1S/C21H24N2O4/c1-2-15-9-11-23(12-15)20(25)17-13-22(14-18(19(17)24)21(26)27)10-8-16-6-4-3-5-7-16/h3-7,13-15H,2,8-12H2,1H3,(H,26,27)/t15-/m0/s1. The van der Waals surface area contributed by atoms with Gasteiger partial charge in [0.05, 0.1) is 0 Å². The van der Waals surface area contributed by atoms with Crippen LogP contribution in [-0.4, -0.2) is 39.5 Å². The largest absolute Gasteiger partial charge is 0.477 e. The highest BCUT2D eigenvalue weighted by Crippen LogP contribution is 2.20. The van der Waals surface area contributed by atoms with E-state index < -0.39 is 11.4 Å². The molecule has 1 N–H and O–H groups in total. The molecule has 6 heteroatoms. The molecule has 1 fully saturated rings. The summed E-state index contributed by atoms with van der Waals surface area (Å²) < 4.78 is 1.64. The van der Waals surface area contributed by atoms with Crippen LogP contribution in [0.5, 0.6) is 0 Å². The summed E-state index contributed by atoms with van der Waals surface area (Å²) in [5, 5.41) is 9.39. The van der Waals surface area contributed by atoms with E-state index in [1.54, 1.807) is 9.47 Å². The number of aromatic nitrogens is 1. The first-order valence-corrected chi connectivity index (χ1v) is 9.30. The van der Waals surface area contributed by atoms with E-state index in [2.05, 4.69) is 6.92 Å². The number of nitrogens with zero attached hydrogens (tertiary/aromatic N) is 2. The highest BCUT2D eigenvalue weighted by atomic mass is 16.4. The number of carboxylic acid groups (broad SMARTS) is 1. The Hall–Kier alpha value is -2.89. The minimum atomic E-state index is -1.31. The lowest BCUT2D eigenvalue weighted by atomic mass is 10.1. The van der Waals surface area contributed by atoms with Crippen molar-refractivity contribution in [3.05, 3.63) is 69.6 Å². The number of likely N-dealkylation sites (tertiary alicyclic amines) is 1. The zero-order valence-corrected chi connectivity index (χ0v) is 15.4. The molecule has 1 aromatic heterocycles. The van der Waals surface area contributed by atoms with Gasteiger partial charge in [0, 0.05) is 32.0 Å². The Morgan fingerprint density at radius 2 is 1.85 bits per heavy atom. The fraction of sp³-hybridized carbons (Fsp3) is 0.381. The Kier molecular flexibility index (Phi) is 5.74. The molecule has 0 unspecified atom stereocenters.